The molecular weight excluding hydrogens is 116 g/mol. The van der Waals surface area contributed by atoms with Gasteiger partial charge in [-0.15, -0.1) is 0 Å². The largest absolute Gasteiger partial charge is 0.337 e. The predicted molar refractivity (Wildman–Crippen MR) is 32.3 cm³/mol. The first-order chi connectivity index (χ1) is 4.47. The average Bonchev–Trinajstić information content (AvgIpc) is 2.33. The summed E-state index contributed by atoms with van der Waals surface area (Å²) < 4.78 is 0. The smallest absolute Gasteiger partial charge is 0.172 e. The summed E-state index contributed by atoms with van der Waals surface area (Å²) in [6.45, 7) is 0.553. The molecule has 2 nitrogen and oxygen atoms in total. The van der Waals surface area contributed by atoms with Crippen LogP contribution in [0, 0.1) is 0 Å². The molecule has 0 amide bonds. The van der Waals surface area contributed by atoms with Crippen molar-refractivity contribution in [2.45, 2.75) is 0 Å². The Labute approximate surface area is 53.0 Å². The molecule has 1 aliphatic carbocycles. The lowest BCUT2D eigenvalue weighted by Gasteiger charge is -2.10. The van der Waals surface area contributed by atoms with Crippen LogP contribution in [0.3, 0.4) is 0 Å². The summed E-state index contributed by atoms with van der Waals surface area (Å²) in [5, 5.41) is 0. The van der Waals surface area contributed by atoms with Gasteiger partial charge in [0.25, 0.3) is 0 Å². The lowest BCUT2D eigenvalue weighted by Crippen LogP contribution is -2.02. The molecular formula is C7H6O2. The number of allylic oxidation sites excluding steroid dienone is 3. The van der Waals surface area contributed by atoms with E-state index >= 15 is 0 Å². The molecule has 0 aromatic rings. The third-order valence-corrected chi connectivity index (χ3v) is 1.33. The Bertz CT molecular complexity index is 211. The van der Waals surface area contributed by atoms with Crippen LogP contribution in [-0.4, -0.2) is 6.61 Å². The maximum atomic E-state index is 4.83. The summed E-state index contributed by atoms with van der Waals surface area (Å²) in [7, 11) is 0. The van der Waals surface area contributed by atoms with Crippen molar-refractivity contribution in [3.05, 3.63) is 35.6 Å². The molecule has 1 heterocycles. The van der Waals surface area contributed by atoms with Gasteiger partial charge in [-0.1, -0.05) is 12.2 Å². The maximum Gasteiger partial charge on any atom is 0.172 e. The molecule has 0 saturated heterocycles. The fourth-order valence-corrected chi connectivity index (χ4v) is 0.883. The van der Waals surface area contributed by atoms with Crippen molar-refractivity contribution in [3.63, 3.8) is 0 Å². The molecule has 0 aromatic heterocycles. The Morgan fingerprint density at radius 1 is 1.44 bits per heavy atom. The molecule has 0 atom stereocenters. The molecule has 2 aliphatic rings. The number of hydrogen-bond donors (Lipinski definition) is 0. The Morgan fingerprint density at radius 3 is 3.33 bits per heavy atom. The van der Waals surface area contributed by atoms with Gasteiger partial charge in [-0.2, -0.15) is 4.89 Å². The average molecular weight is 122 g/mol. The zero-order chi connectivity index (χ0) is 6.10. The van der Waals surface area contributed by atoms with Crippen LogP contribution in [0.15, 0.2) is 35.6 Å². The van der Waals surface area contributed by atoms with Crippen molar-refractivity contribution >= 4 is 0 Å². The molecule has 0 saturated carbocycles. The minimum Gasteiger partial charge on any atom is -0.337 e. The van der Waals surface area contributed by atoms with Crippen LogP contribution in [0.2, 0.25) is 0 Å². The fourth-order valence-electron chi connectivity index (χ4n) is 0.883. The molecule has 9 heavy (non-hydrogen) atoms. The molecule has 0 N–H and O–H groups in total. The lowest BCUT2D eigenvalue weighted by molar-refractivity contribution is -0.254. The van der Waals surface area contributed by atoms with Gasteiger partial charge in [-0.05, 0) is 12.2 Å². The van der Waals surface area contributed by atoms with Gasteiger partial charge in [-0.3, -0.25) is 0 Å². The van der Waals surface area contributed by atoms with Gasteiger partial charge in [0.15, 0.2) is 5.76 Å². The van der Waals surface area contributed by atoms with Crippen molar-refractivity contribution in [1.82, 2.24) is 0 Å². The zero-order valence-corrected chi connectivity index (χ0v) is 4.83. The van der Waals surface area contributed by atoms with Crippen molar-refractivity contribution in [1.29, 1.82) is 0 Å². The standard InChI is InChI=1S/C7H6O2/c1-2-6-4-5-8-9-7(6)3-1/h1-4H,5H2. The minimum absolute atomic E-state index is 0.553. The molecule has 0 fully saturated rings. The number of rotatable bonds is 0. The lowest BCUT2D eigenvalue weighted by atomic mass is 10.2. The normalized spacial score (nSPS) is 22.2. The third-order valence-electron chi connectivity index (χ3n) is 1.33. The highest BCUT2D eigenvalue weighted by Gasteiger charge is 2.11. The zero-order valence-electron chi connectivity index (χ0n) is 4.83. The monoisotopic (exact) mass is 122 g/mol. The Balaban J connectivity index is 2.38. The van der Waals surface area contributed by atoms with Gasteiger partial charge in [0.1, 0.15) is 6.61 Å². The Morgan fingerprint density at radius 2 is 2.44 bits per heavy atom. The molecule has 0 radical (unpaired) electrons. The van der Waals surface area contributed by atoms with Gasteiger partial charge in [0, 0.05) is 5.57 Å². The van der Waals surface area contributed by atoms with Gasteiger partial charge >= 0.3 is 0 Å². The highest BCUT2D eigenvalue weighted by atomic mass is 17.2. The summed E-state index contributed by atoms with van der Waals surface area (Å²) in [4.78, 5) is 9.53. The summed E-state index contributed by atoms with van der Waals surface area (Å²) in [5.74, 6) is 0.821. The van der Waals surface area contributed by atoms with E-state index in [4.69, 9.17) is 9.78 Å². The Kier molecular flexibility index (Phi) is 0.932. The van der Waals surface area contributed by atoms with Crippen LogP contribution in [0.5, 0.6) is 0 Å². The van der Waals surface area contributed by atoms with Gasteiger partial charge in [-0.25, -0.2) is 0 Å². The molecule has 0 aromatic carbocycles. The molecule has 0 spiro atoms. The second kappa shape index (κ2) is 1.74. The molecule has 2 heteroatoms. The molecule has 2 rings (SSSR count). The van der Waals surface area contributed by atoms with Crippen molar-refractivity contribution < 1.29 is 9.78 Å². The van der Waals surface area contributed by atoms with E-state index < -0.39 is 0 Å². The SMILES string of the molecule is C1=CC2=CCOOC2=C1. The van der Waals surface area contributed by atoms with Crippen LogP contribution < -0.4 is 0 Å². The van der Waals surface area contributed by atoms with E-state index in [2.05, 4.69) is 0 Å². The van der Waals surface area contributed by atoms with Crippen LogP contribution in [0.25, 0.3) is 0 Å². The fraction of sp³-hybridized carbons (Fsp3) is 0.143. The highest BCUT2D eigenvalue weighted by molar-refractivity contribution is 5.45. The minimum atomic E-state index is 0.553. The first kappa shape index (κ1) is 4.82. The molecule has 46 valence electrons. The summed E-state index contributed by atoms with van der Waals surface area (Å²) >= 11 is 0. The third kappa shape index (κ3) is 0.678. The van der Waals surface area contributed by atoms with Gasteiger partial charge < -0.3 is 4.89 Å². The van der Waals surface area contributed by atoms with Crippen LogP contribution in [-0.2, 0) is 9.78 Å². The van der Waals surface area contributed by atoms with Crippen LogP contribution >= 0.6 is 0 Å². The molecule has 1 aliphatic heterocycles. The highest BCUT2D eigenvalue weighted by Crippen LogP contribution is 2.22. The predicted octanol–water partition coefficient (Wildman–Crippen LogP) is 1.33. The Hall–Kier alpha value is -1.02. The first-order valence-corrected chi connectivity index (χ1v) is 2.85. The number of hydrogen-bond acceptors (Lipinski definition) is 2. The van der Waals surface area contributed by atoms with E-state index in [-0.39, 0.29) is 0 Å². The van der Waals surface area contributed by atoms with E-state index in [0.29, 0.717) is 6.61 Å². The van der Waals surface area contributed by atoms with Gasteiger partial charge in [0.05, 0.1) is 0 Å². The van der Waals surface area contributed by atoms with E-state index in [1.165, 1.54) is 0 Å². The quantitative estimate of drug-likeness (QED) is 0.451. The molecule has 0 unspecified atom stereocenters. The summed E-state index contributed by atoms with van der Waals surface area (Å²) in [6.07, 6.45) is 7.80. The second-order valence-electron chi connectivity index (χ2n) is 1.92. The molecule has 0 bridgehead atoms. The second-order valence-corrected chi connectivity index (χ2v) is 1.92. The summed E-state index contributed by atoms with van der Waals surface area (Å²) in [6, 6.07) is 0. The van der Waals surface area contributed by atoms with Crippen molar-refractivity contribution in [3.8, 4) is 0 Å². The van der Waals surface area contributed by atoms with E-state index in [0.717, 1.165) is 11.3 Å². The van der Waals surface area contributed by atoms with Gasteiger partial charge in [0.2, 0.25) is 0 Å². The summed E-state index contributed by atoms with van der Waals surface area (Å²) in [5.41, 5.74) is 1.13. The first-order valence-electron chi connectivity index (χ1n) is 2.85. The van der Waals surface area contributed by atoms with Crippen LogP contribution in [0.4, 0.5) is 0 Å². The maximum absolute atomic E-state index is 4.83. The van der Waals surface area contributed by atoms with Crippen molar-refractivity contribution in [2.75, 3.05) is 6.61 Å². The van der Waals surface area contributed by atoms with Crippen molar-refractivity contribution in [2.24, 2.45) is 0 Å². The topological polar surface area (TPSA) is 18.5 Å². The van der Waals surface area contributed by atoms with E-state index in [1.807, 2.05) is 24.3 Å². The van der Waals surface area contributed by atoms with E-state index in [9.17, 15) is 0 Å². The number of fused-ring (bicyclic) bond motifs is 1. The van der Waals surface area contributed by atoms with E-state index in [1.54, 1.807) is 0 Å². The van der Waals surface area contributed by atoms with Crippen LogP contribution in [0.1, 0.15) is 0 Å².